The van der Waals surface area contributed by atoms with Gasteiger partial charge < -0.3 is 20.1 Å². The Morgan fingerprint density at radius 2 is 1.88 bits per heavy atom. The molecule has 24 heavy (non-hydrogen) atoms. The molecule has 7 nitrogen and oxygen atoms in total. The predicted octanol–water partition coefficient (Wildman–Crippen LogP) is 1.16. The summed E-state index contributed by atoms with van der Waals surface area (Å²) in [5.74, 6) is 2.98. The quantitative estimate of drug-likeness (QED) is 0.604. The van der Waals surface area contributed by atoms with E-state index in [0.29, 0.717) is 6.54 Å². The molecular formula is C17H31N7. The fourth-order valence-electron chi connectivity index (χ4n) is 3.49. The Labute approximate surface area is 144 Å². The second-order valence-electron chi connectivity index (χ2n) is 6.67. The van der Waals surface area contributed by atoms with Crippen LogP contribution in [0, 0.1) is 0 Å². The number of likely N-dealkylation sites (tertiary alicyclic amines) is 1. The first-order chi connectivity index (χ1) is 11.9. The average Bonchev–Trinajstić information content (AvgIpc) is 3.04. The van der Waals surface area contributed by atoms with Gasteiger partial charge in [-0.3, -0.25) is 0 Å². The van der Waals surface area contributed by atoms with Gasteiger partial charge in [-0.15, -0.1) is 10.2 Å². The number of fused-ring (bicyclic) bond motifs is 1. The highest BCUT2D eigenvalue weighted by molar-refractivity contribution is 5.79. The molecule has 2 aliphatic rings. The molecule has 3 heterocycles. The number of aromatic nitrogens is 3. The highest BCUT2D eigenvalue weighted by Gasteiger charge is 2.15. The first kappa shape index (κ1) is 17.2. The zero-order valence-electron chi connectivity index (χ0n) is 14.9. The summed E-state index contributed by atoms with van der Waals surface area (Å²) in [6.07, 6.45) is 7.55. The number of piperidine rings is 1. The lowest BCUT2D eigenvalue weighted by Gasteiger charge is -2.26. The molecule has 0 aliphatic carbocycles. The number of nitrogens with one attached hydrogen (secondary N) is 2. The van der Waals surface area contributed by atoms with Crippen LogP contribution < -0.4 is 10.6 Å². The Balaban J connectivity index is 1.50. The van der Waals surface area contributed by atoms with Gasteiger partial charge in [0.05, 0.1) is 0 Å². The van der Waals surface area contributed by atoms with Crippen LogP contribution >= 0.6 is 0 Å². The van der Waals surface area contributed by atoms with Gasteiger partial charge in [-0.1, -0.05) is 6.42 Å². The van der Waals surface area contributed by atoms with Crippen molar-refractivity contribution in [3.8, 4) is 0 Å². The van der Waals surface area contributed by atoms with E-state index in [4.69, 9.17) is 4.99 Å². The molecule has 1 aromatic heterocycles. The molecule has 3 rings (SSSR count). The average molecular weight is 333 g/mol. The third kappa shape index (κ3) is 4.69. The Hall–Kier alpha value is -1.63. The first-order valence-corrected chi connectivity index (χ1v) is 9.52. The summed E-state index contributed by atoms with van der Waals surface area (Å²) in [5.41, 5.74) is 0. The van der Waals surface area contributed by atoms with Crippen LogP contribution in [0.15, 0.2) is 4.99 Å². The number of aryl methyl sites for hydroxylation is 1. The molecule has 0 aromatic carbocycles. The number of guanidine groups is 1. The number of rotatable bonds is 6. The normalized spacial score (nSPS) is 19.1. The zero-order chi connectivity index (χ0) is 16.6. The van der Waals surface area contributed by atoms with Gasteiger partial charge in [-0.05, 0) is 45.7 Å². The standard InChI is InChI=1S/C17H31N7/c1-2-18-17(19-9-13-23-10-5-3-6-11-23)20-14-16-22-21-15-8-4-7-12-24(15)16/h2-14H2,1H3,(H2,18,19,20). The molecule has 7 heteroatoms. The summed E-state index contributed by atoms with van der Waals surface area (Å²) in [6, 6.07) is 0. The number of aliphatic imine (C=N–C) groups is 1. The van der Waals surface area contributed by atoms with E-state index >= 15 is 0 Å². The van der Waals surface area contributed by atoms with E-state index < -0.39 is 0 Å². The van der Waals surface area contributed by atoms with Crippen molar-refractivity contribution in [1.82, 2.24) is 30.3 Å². The van der Waals surface area contributed by atoms with Crippen molar-refractivity contribution >= 4 is 5.96 Å². The summed E-state index contributed by atoms with van der Waals surface area (Å²) >= 11 is 0. The molecule has 1 aromatic rings. The lowest BCUT2D eigenvalue weighted by atomic mass is 10.1. The monoisotopic (exact) mass is 333 g/mol. The van der Waals surface area contributed by atoms with Crippen molar-refractivity contribution in [2.75, 3.05) is 32.7 Å². The predicted molar refractivity (Wildman–Crippen MR) is 96.1 cm³/mol. The van der Waals surface area contributed by atoms with Gasteiger partial charge in [0.25, 0.3) is 0 Å². The molecule has 0 amide bonds. The third-order valence-electron chi connectivity index (χ3n) is 4.83. The van der Waals surface area contributed by atoms with Crippen molar-refractivity contribution in [2.24, 2.45) is 4.99 Å². The molecule has 0 atom stereocenters. The Morgan fingerprint density at radius 3 is 2.71 bits per heavy atom. The van der Waals surface area contributed by atoms with E-state index in [1.54, 1.807) is 0 Å². The van der Waals surface area contributed by atoms with Gasteiger partial charge in [-0.25, -0.2) is 4.99 Å². The van der Waals surface area contributed by atoms with Crippen LogP contribution in [0.4, 0.5) is 0 Å². The molecular weight excluding hydrogens is 302 g/mol. The lowest BCUT2D eigenvalue weighted by molar-refractivity contribution is 0.232. The second-order valence-corrected chi connectivity index (χ2v) is 6.67. The Bertz CT molecular complexity index is 531. The molecule has 2 N–H and O–H groups in total. The van der Waals surface area contributed by atoms with Gasteiger partial charge in [-0.2, -0.15) is 0 Å². The summed E-state index contributed by atoms with van der Waals surface area (Å²) in [5, 5.41) is 15.4. The van der Waals surface area contributed by atoms with Crippen LogP contribution in [-0.4, -0.2) is 58.3 Å². The molecule has 0 saturated carbocycles. The minimum absolute atomic E-state index is 0.589. The van der Waals surface area contributed by atoms with E-state index in [9.17, 15) is 0 Å². The molecule has 0 spiro atoms. The molecule has 2 aliphatic heterocycles. The minimum Gasteiger partial charge on any atom is -0.357 e. The smallest absolute Gasteiger partial charge is 0.191 e. The van der Waals surface area contributed by atoms with Crippen molar-refractivity contribution in [2.45, 2.75) is 58.5 Å². The van der Waals surface area contributed by atoms with Crippen LogP contribution in [0.2, 0.25) is 0 Å². The van der Waals surface area contributed by atoms with Gasteiger partial charge in [0.15, 0.2) is 11.8 Å². The first-order valence-electron chi connectivity index (χ1n) is 9.52. The topological polar surface area (TPSA) is 70.4 Å². The Kier molecular flexibility index (Phi) is 6.46. The fourth-order valence-corrected chi connectivity index (χ4v) is 3.49. The van der Waals surface area contributed by atoms with Crippen LogP contribution in [0.5, 0.6) is 0 Å². The maximum Gasteiger partial charge on any atom is 0.191 e. The van der Waals surface area contributed by atoms with E-state index in [1.165, 1.54) is 45.2 Å². The van der Waals surface area contributed by atoms with Gasteiger partial charge in [0.2, 0.25) is 0 Å². The summed E-state index contributed by atoms with van der Waals surface area (Å²) in [4.78, 5) is 7.24. The highest BCUT2D eigenvalue weighted by Crippen LogP contribution is 2.14. The molecule has 0 bridgehead atoms. The summed E-state index contributed by atoms with van der Waals surface area (Å²) in [6.45, 7) is 9.09. The van der Waals surface area contributed by atoms with Crippen LogP contribution in [0.25, 0.3) is 0 Å². The summed E-state index contributed by atoms with van der Waals surface area (Å²) in [7, 11) is 0. The van der Waals surface area contributed by atoms with Gasteiger partial charge >= 0.3 is 0 Å². The molecule has 0 radical (unpaired) electrons. The van der Waals surface area contributed by atoms with Crippen LogP contribution in [-0.2, 0) is 19.5 Å². The summed E-state index contributed by atoms with van der Waals surface area (Å²) < 4.78 is 2.24. The molecule has 134 valence electrons. The molecule has 1 fully saturated rings. The van der Waals surface area contributed by atoms with Gasteiger partial charge in [0, 0.05) is 32.6 Å². The fraction of sp³-hybridized carbons (Fsp3) is 0.824. The maximum absolute atomic E-state index is 4.70. The zero-order valence-corrected chi connectivity index (χ0v) is 14.9. The van der Waals surface area contributed by atoms with E-state index in [1.807, 2.05) is 0 Å². The number of hydrogen-bond donors (Lipinski definition) is 2. The lowest BCUT2D eigenvalue weighted by Crippen LogP contribution is -2.42. The molecule has 1 saturated heterocycles. The van der Waals surface area contributed by atoms with Crippen molar-refractivity contribution in [3.63, 3.8) is 0 Å². The van der Waals surface area contributed by atoms with Gasteiger partial charge in [0.1, 0.15) is 12.4 Å². The third-order valence-corrected chi connectivity index (χ3v) is 4.83. The maximum atomic E-state index is 4.70. The van der Waals surface area contributed by atoms with E-state index in [0.717, 1.165) is 50.2 Å². The SMILES string of the molecule is CCNC(=NCc1nnc2n1CCCC2)NCCN1CCCCC1. The van der Waals surface area contributed by atoms with Crippen LogP contribution in [0.3, 0.4) is 0 Å². The van der Waals surface area contributed by atoms with E-state index in [2.05, 4.69) is 37.2 Å². The minimum atomic E-state index is 0.589. The highest BCUT2D eigenvalue weighted by atomic mass is 15.3. The van der Waals surface area contributed by atoms with Crippen molar-refractivity contribution in [3.05, 3.63) is 11.6 Å². The van der Waals surface area contributed by atoms with Crippen LogP contribution in [0.1, 0.15) is 50.7 Å². The Morgan fingerprint density at radius 1 is 1.04 bits per heavy atom. The largest absolute Gasteiger partial charge is 0.357 e. The second kappa shape index (κ2) is 9.01. The molecule has 0 unspecified atom stereocenters. The van der Waals surface area contributed by atoms with Crippen molar-refractivity contribution < 1.29 is 0 Å². The number of nitrogens with zero attached hydrogens (tertiary/aromatic N) is 5. The van der Waals surface area contributed by atoms with Crippen molar-refractivity contribution in [1.29, 1.82) is 0 Å². The van der Waals surface area contributed by atoms with E-state index in [-0.39, 0.29) is 0 Å². The number of hydrogen-bond acceptors (Lipinski definition) is 4.